The lowest BCUT2D eigenvalue weighted by Crippen LogP contribution is -2.32. The number of hydrogen-bond acceptors (Lipinski definition) is 6. The van der Waals surface area contributed by atoms with Gasteiger partial charge in [0.05, 0.1) is 4.91 Å². The summed E-state index contributed by atoms with van der Waals surface area (Å²) in [7, 11) is -3.44. The summed E-state index contributed by atoms with van der Waals surface area (Å²) in [5.41, 5.74) is 8.32. The van der Waals surface area contributed by atoms with Crippen molar-refractivity contribution in [3.63, 3.8) is 0 Å². The van der Waals surface area contributed by atoms with Crippen LogP contribution in [0.3, 0.4) is 0 Å². The van der Waals surface area contributed by atoms with Crippen molar-refractivity contribution in [2.75, 3.05) is 11.6 Å². The molecule has 2 aliphatic carbocycles. The van der Waals surface area contributed by atoms with E-state index in [1.807, 2.05) is 31.2 Å². The van der Waals surface area contributed by atoms with Gasteiger partial charge in [0.15, 0.2) is 9.84 Å². The van der Waals surface area contributed by atoms with Gasteiger partial charge in [0, 0.05) is 41.5 Å². The fraction of sp³-hybridized carbons (Fsp3) is 0.318. The molecule has 3 aliphatic rings. The number of nitrogens with one attached hydrogen (secondary N) is 4. The fourth-order valence-corrected chi connectivity index (χ4v) is 4.82. The quantitative estimate of drug-likeness (QED) is 0.477. The highest BCUT2D eigenvalue weighted by molar-refractivity contribution is 7.94. The molecule has 8 nitrogen and oxygen atoms in total. The highest BCUT2D eigenvalue weighted by atomic mass is 32.2. The van der Waals surface area contributed by atoms with E-state index >= 15 is 0 Å². The van der Waals surface area contributed by atoms with Gasteiger partial charge >= 0.3 is 6.03 Å². The molecule has 0 bridgehead atoms. The molecule has 1 aliphatic heterocycles. The Balaban J connectivity index is 1.74. The highest BCUT2D eigenvalue weighted by Crippen LogP contribution is 2.41. The van der Waals surface area contributed by atoms with Gasteiger partial charge in [0.1, 0.15) is 5.82 Å². The Morgan fingerprint density at radius 3 is 2.58 bits per heavy atom. The molecule has 1 heterocycles. The highest BCUT2D eigenvalue weighted by Gasteiger charge is 2.35. The molecular formula is C22H27N5O3S. The molecule has 0 aromatic heterocycles. The molecule has 1 fully saturated rings. The van der Waals surface area contributed by atoms with Gasteiger partial charge in [-0.1, -0.05) is 12.1 Å². The number of anilines is 1. The standard InChI is InChI=1S/C22H27N5O3S/c1-14-3-4-16(27-21(28)26-15-5-6-15)11-17(14)22(13-20-24-9-10-25-20)8-7-19(18(23)12-22)31(2,29)30/h3-4,7,9-13,15,24-25H,5-6,8,23H2,1-2H3,(H2,26,27,28). The molecule has 9 heteroatoms. The minimum Gasteiger partial charge on any atom is -0.398 e. The van der Waals surface area contributed by atoms with E-state index in [0.29, 0.717) is 12.1 Å². The van der Waals surface area contributed by atoms with Crippen molar-refractivity contribution in [2.45, 2.75) is 37.6 Å². The van der Waals surface area contributed by atoms with Gasteiger partial charge in [-0.3, -0.25) is 0 Å². The third-order valence-corrected chi connectivity index (χ3v) is 6.80. The van der Waals surface area contributed by atoms with Crippen molar-refractivity contribution in [3.8, 4) is 0 Å². The van der Waals surface area contributed by atoms with E-state index in [2.05, 4.69) is 21.3 Å². The average Bonchev–Trinajstić information content (AvgIpc) is 3.34. The van der Waals surface area contributed by atoms with E-state index in [-0.39, 0.29) is 22.7 Å². The zero-order valence-corrected chi connectivity index (χ0v) is 18.3. The van der Waals surface area contributed by atoms with Gasteiger partial charge in [0.2, 0.25) is 0 Å². The topological polar surface area (TPSA) is 125 Å². The second kappa shape index (κ2) is 7.81. The summed E-state index contributed by atoms with van der Waals surface area (Å²) in [6, 6.07) is 5.74. The maximum Gasteiger partial charge on any atom is 0.319 e. The van der Waals surface area contributed by atoms with Crippen molar-refractivity contribution < 1.29 is 13.2 Å². The lowest BCUT2D eigenvalue weighted by molar-refractivity contribution is 0.251. The Labute approximate surface area is 182 Å². The maximum absolute atomic E-state index is 12.2. The molecule has 4 rings (SSSR count). The van der Waals surface area contributed by atoms with Crippen molar-refractivity contribution in [1.82, 2.24) is 16.0 Å². The van der Waals surface area contributed by atoms with Gasteiger partial charge < -0.3 is 27.0 Å². The molecule has 1 aromatic carbocycles. The van der Waals surface area contributed by atoms with Gasteiger partial charge in [-0.15, -0.1) is 0 Å². The molecule has 2 amide bonds. The van der Waals surface area contributed by atoms with Crippen LogP contribution in [0.15, 0.2) is 65.3 Å². The van der Waals surface area contributed by atoms with Gasteiger partial charge in [-0.25, -0.2) is 13.2 Å². The van der Waals surface area contributed by atoms with E-state index in [9.17, 15) is 13.2 Å². The van der Waals surface area contributed by atoms with Crippen LogP contribution in [0, 0.1) is 6.92 Å². The Kier molecular flexibility index (Phi) is 5.30. The van der Waals surface area contributed by atoms with Crippen LogP contribution in [0.4, 0.5) is 10.5 Å². The summed E-state index contributed by atoms with van der Waals surface area (Å²) in [4.78, 5) is 12.4. The summed E-state index contributed by atoms with van der Waals surface area (Å²) in [5.74, 6) is 0.768. The van der Waals surface area contributed by atoms with Crippen LogP contribution >= 0.6 is 0 Å². The molecule has 31 heavy (non-hydrogen) atoms. The Morgan fingerprint density at radius 1 is 1.26 bits per heavy atom. The molecular weight excluding hydrogens is 414 g/mol. The van der Waals surface area contributed by atoms with E-state index < -0.39 is 15.3 Å². The summed E-state index contributed by atoms with van der Waals surface area (Å²) < 4.78 is 24.3. The summed E-state index contributed by atoms with van der Waals surface area (Å²) in [6.07, 6.45) is 12.6. The SMILES string of the molecule is Cc1ccc(NC(=O)NC2CC2)cc1C1(C=C2NC=CN2)C=C(N)C(S(C)(=O)=O)=CC1. The number of amides is 2. The second-order valence-electron chi connectivity index (χ2n) is 8.27. The fourth-order valence-electron chi connectivity index (χ4n) is 3.95. The van der Waals surface area contributed by atoms with Gasteiger partial charge in [0.25, 0.3) is 0 Å². The molecule has 1 unspecified atom stereocenters. The van der Waals surface area contributed by atoms with Crippen molar-refractivity contribution in [2.24, 2.45) is 5.73 Å². The smallest absolute Gasteiger partial charge is 0.319 e. The van der Waals surface area contributed by atoms with Crippen LogP contribution in [-0.2, 0) is 15.3 Å². The zero-order chi connectivity index (χ0) is 22.2. The predicted octanol–water partition coefficient (Wildman–Crippen LogP) is 2.20. The van der Waals surface area contributed by atoms with Crippen molar-refractivity contribution >= 4 is 21.6 Å². The third-order valence-electron chi connectivity index (χ3n) is 5.59. The predicted molar refractivity (Wildman–Crippen MR) is 121 cm³/mol. The molecule has 1 saturated carbocycles. The number of aryl methyl sites for hydroxylation is 1. The number of carbonyl (C=O) groups is 1. The summed E-state index contributed by atoms with van der Waals surface area (Å²) >= 11 is 0. The monoisotopic (exact) mass is 441 g/mol. The maximum atomic E-state index is 12.2. The van der Waals surface area contributed by atoms with Crippen LogP contribution in [0.25, 0.3) is 0 Å². The number of benzene rings is 1. The number of sulfone groups is 1. The number of carbonyl (C=O) groups excluding carboxylic acids is 1. The van der Waals surface area contributed by atoms with E-state index in [4.69, 9.17) is 5.73 Å². The molecule has 164 valence electrons. The molecule has 0 saturated heterocycles. The van der Waals surface area contributed by atoms with E-state index in [1.54, 1.807) is 24.6 Å². The normalized spacial score (nSPS) is 22.7. The molecule has 0 radical (unpaired) electrons. The number of urea groups is 1. The Bertz CT molecular complexity index is 1140. The van der Waals surface area contributed by atoms with E-state index in [0.717, 1.165) is 36.0 Å². The first-order valence-electron chi connectivity index (χ1n) is 10.1. The molecule has 0 spiro atoms. The lowest BCUT2D eigenvalue weighted by Gasteiger charge is -2.33. The van der Waals surface area contributed by atoms with Crippen molar-refractivity contribution in [1.29, 1.82) is 0 Å². The number of hydrogen-bond donors (Lipinski definition) is 5. The largest absolute Gasteiger partial charge is 0.398 e. The average molecular weight is 442 g/mol. The van der Waals surface area contributed by atoms with Crippen LogP contribution in [-0.4, -0.2) is 26.7 Å². The molecule has 6 N–H and O–H groups in total. The Hall–Kier alpha value is -3.20. The van der Waals surface area contributed by atoms with Crippen molar-refractivity contribution in [3.05, 3.63) is 76.4 Å². The summed E-state index contributed by atoms with van der Waals surface area (Å²) in [5, 5.41) is 12.1. The Morgan fingerprint density at radius 2 is 1.97 bits per heavy atom. The molecule has 1 atom stereocenters. The van der Waals surface area contributed by atoms with Crippen LogP contribution < -0.4 is 27.0 Å². The van der Waals surface area contributed by atoms with E-state index in [1.165, 1.54) is 0 Å². The minimum atomic E-state index is -3.44. The third kappa shape index (κ3) is 4.61. The van der Waals surface area contributed by atoms with Gasteiger partial charge in [-0.05, 0) is 61.6 Å². The number of allylic oxidation sites excluding steroid dienone is 3. The second-order valence-corrected chi connectivity index (χ2v) is 10.3. The zero-order valence-electron chi connectivity index (χ0n) is 17.5. The van der Waals surface area contributed by atoms with Crippen LogP contribution in [0.1, 0.15) is 30.4 Å². The molecule has 1 aromatic rings. The summed E-state index contributed by atoms with van der Waals surface area (Å²) in [6.45, 7) is 1.98. The van der Waals surface area contributed by atoms with Gasteiger partial charge in [-0.2, -0.15) is 0 Å². The first-order valence-corrected chi connectivity index (χ1v) is 12.0. The first-order chi connectivity index (χ1) is 14.7. The first kappa shape index (κ1) is 21.0. The number of rotatable bonds is 5. The minimum absolute atomic E-state index is 0.141. The van der Waals surface area contributed by atoms with Crippen LogP contribution in [0.5, 0.6) is 0 Å². The lowest BCUT2D eigenvalue weighted by atomic mass is 9.72. The van der Waals surface area contributed by atoms with Crippen LogP contribution in [0.2, 0.25) is 0 Å². The number of nitrogens with two attached hydrogens (primary N) is 1.